The van der Waals surface area contributed by atoms with Gasteiger partial charge in [0.2, 0.25) is 0 Å². The van der Waals surface area contributed by atoms with Gasteiger partial charge in [-0.05, 0) is 30.7 Å². The highest BCUT2D eigenvalue weighted by Gasteiger charge is 2.25. The number of carboxylic acid groups (broad SMARTS) is 1. The van der Waals surface area contributed by atoms with Crippen LogP contribution in [0, 0.1) is 0 Å². The minimum atomic E-state index is -3.47. The van der Waals surface area contributed by atoms with Crippen LogP contribution in [-0.4, -0.2) is 32.6 Å². The van der Waals surface area contributed by atoms with Crippen LogP contribution < -0.4 is 9.03 Å². The molecule has 1 aliphatic rings. The van der Waals surface area contributed by atoms with Gasteiger partial charge in [0.05, 0.1) is 11.3 Å². The predicted octanol–water partition coefficient (Wildman–Crippen LogP) is 0.429. The van der Waals surface area contributed by atoms with E-state index in [1.165, 1.54) is 28.6 Å². The number of hydrogen-bond acceptors (Lipinski definition) is 3. The highest BCUT2D eigenvalue weighted by molar-refractivity contribution is 7.90. The zero-order valence-corrected chi connectivity index (χ0v) is 9.77. The van der Waals surface area contributed by atoms with Gasteiger partial charge in [-0.2, -0.15) is 13.1 Å². The molecule has 0 atom stereocenters. The summed E-state index contributed by atoms with van der Waals surface area (Å²) in [6.07, 6.45) is 0.722. The van der Waals surface area contributed by atoms with Gasteiger partial charge in [-0.3, -0.25) is 4.31 Å². The van der Waals surface area contributed by atoms with Crippen LogP contribution in [0.1, 0.15) is 16.8 Å². The van der Waals surface area contributed by atoms with E-state index in [4.69, 9.17) is 5.11 Å². The number of rotatable bonds is 2. The Morgan fingerprint density at radius 2 is 1.94 bits per heavy atom. The van der Waals surface area contributed by atoms with Crippen molar-refractivity contribution in [1.29, 1.82) is 0 Å². The van der Waals surface area contributed by atoms with Gasteiger partial charge in [-0.25, -0.2) is 4.79 Å². The average Bonchev–Trinajstić information content (AvgIpc) is 2.28. The van der Waals surface area contributed by atoms with Gasteiger partial charge in [0.1, 0.15) is 0 Å². The second-order valence-electron chi connectivity index (χ2n) is 3.68. The maximum Gasteiger partial charge on any atom is 0.335 e. The molecule has 1 heterocycles. The highest BCUT2D eigenvalue weighted by Crippen LogP contribution is 2.20. The Kier molecular flexibility index (Phi) is 3.03. The number of nitrogens with one attached hydrogen (secondary N) is 1. The molecular formula is C10H12N2O4S. The van der Waals surface area contributed by atoms with Gasteiger partial charge in [0, 0.05) is 13.1 Å². The van der Waals surface area contributed by atoms with Crippen LogP contribution in [0.2, 0.25) is 0 Å². The molecule has 0 aromatic heterocycles. The largest absolute Gasteiger partial charge is 0.478 e. The summed E-state index contributed by atoms with van der Waals surface area (Å²) in [4.78, 5) is 10.7. The molecule has 92 valence electrons. The Hall–Kier alpha value is -1.60. The van der Waals surface area contributed by atoms with Crippen molar-refractivity contribution in [3.8, 4) is 0 Å². The van der Waals surface area contributed by atoms with E-state index >= 15 is 0 Å². The third-order valence-corrected chi connectivity index (χ3v) is 4.06. The van der Waals surface area contributed by atoms with Gasteiger partial charge in [-0.15, -0.1) is 0 Å². The molecule has 0 bridgehead atoms. The van der Waals surface area contributed by atoms with E-state index in [1.807, 2.05) is 0 Å². The van der Waals surface area contributed by atoms with E-state index in [0.29, 0.717) is 18.8 Å². The van der Waals surface area contributed by atoms with E-state index in [0.717, 1.165) is 6.42 Å². The molecule has 7 heteroatoms. The van der Waals surface area contributed by atoms with E-state index in [-0.39, 0.29) is 5.56 Å². The molecule has 0 radical (unpaired) electrons. The van der Waals surface area contributed by atoms with Gasteiger partial charge < -0.3 is 5.11 Å². The van der Waals surface area contributed by atoms with Crippen molar-refractivity contribution in [1.82, 2.24) is 4.72 Å². The summed E-state index contributed by atoms with van der Waals surface area (Å²) in [5.41, 5.74) is 0.610. The fourth-order valence-corrected chi connectivity index (χ4v) is 2.99. The van der Waals surface area contributed by atoms with Crippen LogP contribution in [0.4, 0.5) is 5.69 Å². The Morgan fingerprint density at radius 1 is 1.29 bits per heavy atom. The van der Waals surface area contributed by atoms with Crippen molar-refractivity contribution < 1.29 is 18.3 Å². The minimum absolute atomic E-state index is 0.135. The predicted molar refractivity (Wildman–Crippen MR) is 62.3 cm³/mol. The SMILES string of the molecule is O=C(O)c1ccc(N2CCCNS2(=O)=O)cc1. The molecular weight excluding hydrogens is 244 g/mol. The van der Waals surface area contributed by atoms with Crippen molar-refractivity contribution in [2.24, 2.45) is 0 Å². The first-order chi connectivity index (χ1) is 8.00. The summed E-state index contributed by atoms with van der Waals surface area (Å²) in [6.45, 7) is 0.841. The number of carboxylic acids is 1. The van der Waals surface area contributed by atoms with Crippen LogP contribution in [-0.2, 0) is 10.2 Å². The summed E-state index contributed by atoms with van der Waals surface area (Å²) in [7, 11) is -3.47. The van der Waals surface area contributed by atoms with E-state index in [2.05, 4.69) is 4.72 Å². The summed E-state index contributed by atoms with van der Waals surface area (Å²) < 4.78 is 27.1. The zero-order chi connectivity index (χ0) is 12.5. The molecule has 1 saturated heterocycles. The number of nitrogens with zero attached hydrogens (tertiary/aromatic N) is 1. The monoisotopic (exact) mass is 256 g/mol. The third-order valence-electron chi connectivity index (χ3n) is 2.51. The number of aromatic carboxylic acids is 1. The standard InChI is InChI=1S/C10H12N2O4S/c13-10(14)8-2-4-9(5-3-8)12-7-1-6-11-17(12,15)16/h2-5,11H,1,6-7H2,(H,13,14). The van der Waals surface area contributed by atoms with Crippen LogP contribution in [0.3, 0.4) is 0 Å². The van der Waals surface area contributed by atoms with Crippen LogP contribution >= 0.6 is 0 Å². The summed E-state index contributed by atoms with van der Waals surface area (Å²) >= 11 is 0. The van der Waals surface area contributed by atoms with Gasteiger partial charge in [-0.1, -0.05) is 0 Å². The molecule has 2 N–H and O–H groups in total. The van der Waals surface area contributed by atoms with Crippen molar-refractivity contribution in [2.45, 2.75) is 6.42 Å². The first kappa shape index (κ1) is 11.9. The Bertz CT molecular complexity index is 524. The molecule has 17 heavy (non-hydrogen) atoms. The van der Waals surface area contributed by atoms with Crippen LogP contribution in [0.15, 0.2) is 24.3 Å². The molecule has 2 rings (SSSR count). The second-order valence-corrected chi connectivity index (χ2v) is 5.36. The van der Waals surface area contributed by atoms with Crippen molar-refractivity contribution >= 4 is 21.9 Å². The van der Waals surface area contributed by atoms with Crippen molar-refractivity contribution in [2.75, 3.05) is 17.4 Å². The lowest BCUT2D eigenvalue weighted by atomic mass is 10.2. The molecule has 1 aliphatic heterocycles. The summed E-state index contributed by atoms with van der Waals surface area (Å²) in [6, 6.07) is 5.77. The maximum absolute atomic E-state index is 11.7. The van der Waals surface area contributed by atoms with Gasteiger partial charge >= 0.3 is 16.2 Å². The third kappa shape index (κ3) is 2.40. The summed E-state index contributed by atoms with van der Waals surface area (Å²) in [5, 5.41) is 8.74. The summed E-state index contributed by atoms with van der Waals surface area (Å²) in [5.74, 6) is -1.03. The highest BCUT2D eigenvalue weighted by atomic mass is 32.2. The molecule has 1 aromatic rings. The van der Waals surface area contributed by atoms with Crippen LogP contribution in [0.25, 0.3) is 0 Å². The first-order valence-electron chi connectivity index (χ1n) is 5.11. The fraction of sp³-hybridized carbons (Fsp3) is 0.300. The Labute approximate surface area is 99.0 Å². The second kappa shape index (κ2) is 4.34. The molecule has 1 aromatic carbocycles. The number of hydrogen-bond donors (Lipinski definition) is 2. The Morgan fingerprint density at radius 3 is 2.47 bits per heavy atom. The lowest BCUT2D eigenvalue weighted by molar-refractivity contribution is 0.0697. The average molecular weight is 256 g/mol. The fourth-order valence-electron chi connectivity index (χ4n) is 1.66. The van der Waals surface area contributed by atoms with E-state index < -0.39 is 16.2 Å². The number of anilines is 1. The van der Waals surface area contributed by atoms with Crippen LogP contribution in [0.5, 0.6) is 0 Å². The molecule has 0 spiro atoms. The topological polar surface area (TPSA) is 86.7 Å². The zero-order valence-electron chi connectivity index (χ0n) is 8.96. The lowest BCUT2D eigenvalue weighted by Gasteiger charge is -2.28. The van der Waals surface area contributed by atoms with Crippen molar-refractivity contribution in [3.05, 3.63) is 29.8 Å². The molecule has 0 aliphatic carbocycles. The molecule has 0 amide bonds. The minimum Gasteiger partial charge on any atom is -0.478 e. The quantitative estimate of drug-likeness (QED) is 0.803. The number of benzene rings is 1. The lowest BCUT2D eigenvalue weighted by Crippen LogP contribution is -2.47. The normalized spacial score (nSPS) is 18.9. The smallest absolute Gasteiger partial charge is 0.335 e. The Balaban J connectivity index is 2.30. The van der Waals surface area contributed by atoms with Gasteiger partial charge in [0.15, 0.2) is 0 Å². The van der Waals surface area contributed by atoms with E-state index in [1.54, 1.807) is 0 Å². The van der Waals surface area contributed by atoms with Crippen molar-refractivity contribution in [3.63, 3.8) is 0 Å². The molecule has 1 fully saturated rings. The molecule has 0 unspecified atom stereocenters. The van der Waals surface area contributed by atoms with E-state index in [9.17, 15) is 13.2 Å². The maximum atomic E-state index is 11.7. The number of carbonyl (C=O) groups is 1. The first-order valence-corrected chi connectivity index (χ1v) is 6.55. The van der Waals surface area contributed by atoms with Gasteiger partial charge in [0.25, 0.3) is 0 Å². The molecule has 0 saturated carbocycles. The molecule has 6 nitrogen and oxygen atoms in total.